The number of aliphatic hydroxyl groups is 1. The summed E-state index contributed by atoms with van der Waals surface area (Å²) in [6.45, 7) is 1.74. The molecular formula is C17H17F2N5O. The highest BCUT2D eigenvalue weighted by Crippen LogP contribution is 2.38. The number of hydrogen-bond donors (Lipinski definition) is 2. The second kappa shape index (κ2) is 6.03. The lowest BCUT2D eigenvalue weighted by Crippen LogP contribution is -2.25. The van der Waals surface area contributed by atoms with Crippen LogP contribution in [0.1, 0.15) is 43.2 Å². The average Bonchev–Trinajstić information content (AvgIpc) is 3.36. The topological polar surface area (TPSA) is 75.3 Å². The van der Waals surface area contributed by atoms with Gasteiger partial charge in [0.05, 0.1) is 12.1 Å². The first-order valence-corrected chi connectivity index (χ1v) is 8.15. The number of fused-ring (bicyclic) bond motifs is 1. The molecule has 2 N–H and O–H groups in total. The van der Waals surface area contributed by atoms with Crippen LogP contribution < -0.4 is 5.32 Å². The molecule has 0 bridgehead atoms. The monoisotopic (exact) mass is 345 g/mol. The van der Waals surface area contributed by atoms with Gasteiger partial charge in [0.2, 0.25) is 0 Å². The van der Waals surface area contributed by atoms with Gasteiger partial charge in [-0.2, -0.15) is 4.52 Å². The van der Waals surface area contributed by atoms with Crippen molar-refractivity contribution in [3.05, 3.63) is 53.4 Å². The Bertz CT molecular complexity index is 925. The summed E-state index contributed by atoms with van der Waals surface area (Å²) in [4.78, 5) is 0. The molecule has 1 aliphatic rings. The first kappa shape index (κ1) is 15.9. The summed E-state index contributed by atoms with van der Waals surface area (Å²) < 4.78 is 28.1. The molecule has 130 valence electrons. The van der Waals surface area contributed by atoms with Crippen molar-refractivity contribution in [3.63, 3.8) is 0 Å². The fourth-order valence-corrected chi connectivity index (χ4v) is 2.78. The van der Waals surface area contributed by atoms with Gasteiger partial charge in [-0.05, 0) is 49.6 Å². The van der Waals surface area contributed by atoms with E-state index in [9.17, 15) is 13.9 Å². The fraction of sp³-hybridized carbons (Fsp3) is 0.353. The molecule has 8 heteroatoms. The van der Waals surface area contributed by atoms with Crippen molar-refractivity contribution in [2.45, 2.75) is 37.8 Å². The van der Waals surface area contributed by atoms with E-state index in [0.717, 1.165) is 30.8 Å². The molecule has 1 saturated carbocycles. The molecule has 2 unspecified atom stereocenters. The van der Waals surface area contributed by atoms with E-state index in [2.05, 4.69) is 20.6 Å². The van der Waals surface area contributed by atoms with Crippen LogP contribution in [0.25, 0.3) is 5.65 Å². The largest absolute Gasteiger partial charge is 0.386 e. The average molecular weight is 345 g/mol. The van der Waals surface area contributed by atoms with Gasteiger partial charge in [-0.3, -0.25) is 0 Å². The molecule has 0 saturated heterocycles. The van der Waals surface area contributed by atoms with Crippen LogP contribution in [0.3, 0.4) is 0 Å². The minimum Gasteiger partial charge on any atom is -0.386 e. The van der Waals surface area contributed by atoms with Crippen LogP contribution in [0.4, 0.5) is 14.6 Å². The lowest BCUT2D eigenvalue weighted by Gasteiger charge is -2.21. The Balaban J connectivity index is 1.55. The number of hydrogen-bond acceptors (Lipinski definition) is 5. The van der Waals surface area contributed by atoms with Gasteiger partial charge in [-0.25, -0.2) is 8.78 Å². The normalized spacial score (nSPS) is 16.8. The minimum absolute atomic E-state index is 0.294. The van der Waals surface area contributed by atoms with Crippen molar-refractivity contribution in [1.29, 1.82) is 0 Å². The molecule has 2 atom stereocenters. The van der Waals surface area contributed by atoms with Gasteiger partial charge in [0, 0.05) is 5.92 Å². The summed E-state index contributed by atoms with van der Waals surface area (Å²) in [6, 6.07) is 6.45. The van der Waals surface area contributed by atoms with E-state index in [1.165, 1.54) is 6.07 Å². The number of nitrogens with one attached hydrogen (secondary N) is 1. The number of rotatable bonds is 5. The summed E-state index contributed by atoms with van der Waals surface area (Å²) in [7, 11) is 0. The fourth-order valence-electron chi connectivity index (χ4n) is 2.78. The van der Waals surface area contributed by atoms with Crippen molar-refractivity contribution < 1.29 is 13.9 Å². The van der Waals surface area contributed by atoms with E-state index in [4.69, 9.17) is 0 Å². The molecule has 25 heavy (non-hydrogen) atoms. The highest BCUT2D eigenvalue weighted by molar-refractivity contribution is 5.45. The Hall–Kier alpha value is -2.61. The van der Waals surface area contributed by atoms with Gasteiger partial charge >= 0.3 is 0 Å². The maximum absolute atomic E-state index is 13.4. The zero-order chi connectivity index (χ0) is 17.6. The Morgan fingerprint density at radius 3 is 2.68 bits per heavy atom. The molecule has 0 aliphatic heterocycles. The number of anilines is 1. The van der Waals surface area contributed by atoms with Crippen molar-refractivity contribution in [1.82, 2.24) is 19.8 Å². The minimum atomic E-state index is -1.02. The molecule has 6 nitrogen and oxygen atoms in total. The number of aliphatic hydroxyl groups excluding tert-OH is 1. The summed E-state index contributed by atoms with van der Waals surface area (Å²) in [5.74, 6) is -0.135. The maximum Gasteiger partial charge on any atom is 0.178 e. The third-order valence-electron chi connectivity index (χ3n) is 4.36. The number of nitrogens with zero attached hydrogens (tertiary/aromatic N) is 4. The highest BCUT2D eigenvalue weighted by Gasteiger charge is 2.29. The molecule has 1 fully saturated rings. The van der Waals surface area contributed by atoms with E-state index < -0.39 is 23.8 Å². The third-order valence-corrected chi connectivity index (χ3v) is 4.36. The van der Waals surface area contributed by atoms with Gasteiger partial charge in [0.25, 0.3) is 0 Å². The van der Waals surface area contributed by atoms with Gasteiger partial charge in [-0.1, -0.05) is 6.07 Å². The van der Waals surface area contributed by atoms with Gasteiger partial charge in [0.15, 0.2) is 23.1 Å². The summed E-state index contributed by atoms with van der Waals surface area (Å²) in [5.41, 5.74) is 0.962. The number of benzene rings is 1. The van der Waals surface area contributed by atoms with Crippen LogP contribution in [0.2, 0.25) is 0 Å². The summed E-state index contributed by atoms with van der Waals surface area (Å²) >= 11 is 0. The maximum atomic E-state index is 13.4. The molecule has 2 aromatic heterocycles. The highest BCUT2D eigenvalue weighted by atomic mass is 19.2. The van der Waals surface area contributed by atoms with Crippen LogP contribution >= 0.6 is 0 Å². The second-order valence-corrected chi connectivity index (χ2v) is 6.37. The zero-order valence-electron chi connectivity index (χ0n) is 13.5. The van der Waals surface area contributed by atoms with Gasteiger partial charge in [0.1, 0.15) is 5.82 Å². The van der Waals surface area contributed by atoms with Crippen LogP contribution in [-0.4, -0.2) is 31.0 Å². The van der Waals surface area contributed by atoms with Gasteiger partial charge < -0.3 is 10.4 Å². The zero-order valence-corrected chi connectivity index (χ0v) is 13.5. The Morgan fingerprint density at radius 2 is 1.96 bits per heavy atom. The molecule has 0 radical (unpaired) electrons. The van der Waals surface area contributed by atoms with E-state index in [0.29, 0.717) is 22.9 Å². The van der Waals surface area contributed by atoms with Crippen molar-refractivity contribution in [3.8, 4) is 0 Å². The number of aromatic nitrogens is 4. The molecule has 4 rings (SSSR count). The Kier molecular flexibility index (Phi) is 3.84. The van der Waals surface area contributed by atoms with Crippen molar-refractivity contribution >= 4 is 11.5 Å². The van der Waals surface area contributed by atoms with Gasteiger partial charge in [-0.15, -0.1) is 15.3 Å². The van der Waals surface area contributed by atoms with Crippen molar-refractivity contribution in [2.24, 2.45) is 0 Å². The third kappa shape index (κ3) is 3.05. The molecule has 1 aliphatic carbocycles. The van der Waals surface area contributed by atoms with E-state index >= 15 is 0 Å². The van der Waals surface area contributed by atoms with Crippen molar-refractivity contribution in [2.75, 3.05) is 5.32 Å². The molecule has 1 aromatic carbocycles. The van der Waals surface area contributed by atoms with E-state index in [-0.39, 0.29) is 0 Å². The molecule has 3 aromatic rings. The quantitative estimate of drug-likeness (QED) is 0.744. The van der Waals surface area contributed by atoms with Crippen LogP contribution in [0, 0.1) is 11.6 Å². The lowest BCUT2D eigenvalue weighted by atomic mass is 10.0. The molecular weight excluding hydrogens is 328 g/mol. The predicted octanol–water partition coefficient (Wildman–Crippen LogP) is 2.81. The molecule has 0 spiro atoms. The predicted molar refractivity (Wildman–Crippen MR) is 87.2 cm³/mol. The second-order valence-electron chi connectivity index (χ2n) is 6.37. The Labute approximate surface area is 142 Å². The van der Waals surface area contributed by atoms with Crippen LogP contribution in [-0.2, 0) is 0 Å². The summed E-state index contributed by atoms with van der Waals surface area (Å²) in [5, 5.41) is 26.2. The molecule has 2 heterocycles. The first-order chi connectivity index (χ1) is 12.0. The number of halogens is 2. The smallest absolute Gasteiger partial charge is 0.178 e. The van der Waals surface area contributed by atoms with E-state index in [1.54, 1.807) is 23.6 Å². The SMILES string of the molecule is CC(Nc1ccc2nnc(C3CC3)n2n1)C(O)c1ccc(F)c(F)c1. The van der Waals surface area contributed by atoms with E-state index in [1.807, 2.05) is 0 Å². The standard InChI is InChI=1S/C17H17F2N5O/c1-9(16(25)11-4-5-12(18)13(19)8-11)20-14-6-7-15-21-22-17(10-2-3-10)24(15)23-14/h4-10,16,25H,2-3H2,1H3,(H,20,23). The lowest BCUT2D eigenvalue weighted by molar-refractivity contribution is 0.160. The van der Waals surface area contributed by atoms with Crippen LogP contribution in [0.15, 0.2) is 30.3 Å². The molecule has 0 amide bonds. The first-order valence-electron chi connectivity index (χ1n) is 8.15. The summed E-state index contributed by atoms with van der Waals surface area (Å²) in [6.07, 6.45) is 1.16. The van der Waals surface area contributed by atoms with Crippen LogP contribution in [0.5, 0.6) is 0 Å². The Morgan fingerprint density at radius 1 is 1.16 bits per heavy atom.